The first-order valence-electron chi connectivity index (χ1n) is 12.6. The molecule has 4 atom stereocenters. The lowest BCUT2D eigenvalue weighted by molar-refractivity contribution is -0.143. The predicted octanol–water partition coefficient (Wildman–Crippen LogP) is -0.736. The largest absolute Gasteiger partial charge is 0.508 e. The number of thioether (sulfide) groups is 1. The fourth-order valence-electron chi connectivity index (χ4n) is 3.54. The zero-order valence-electron chi connectivity index (χ0n) is 22.6. The van der Waals surface area contributed by atoms with Gasteiger partial charge in [-0.15, -0.1) is 0 Å². The van der Waals surface area contributed by atoms with E-state index in [2.05, 4.69) is 20.9 Å². The highest BCUT2D eigenvalue weighted by Gasteiger charge is 2.31. The van der Waals surface area contributed by atoms with Crippen molar-refractivity contribution in [2.24, 2.45) is 28.1 Å². The predicted molar refractivity (Wildman–Crippen MR) is 151 cm³/mol. The third kappa shape index (κ3) is 12.7. The lowest BCUT2D eigenvalue weighted by Gasteiger charge is -2.26. The minimum atomic E-state index is -1.21. The number of nitrogens with zero attached hydrogens (tertiary/aromatic N) is 1. The average Bonchev–Trinajstić information content (AvgIpc) is 2.87. The fourth-order valence-corrected chi connectivity index (χ4v) is 4.03. The molecule has 4 unspecified atom stereocenters. The molecular formula is C25H41N7O6S. The number of guanidine groups is 1. The zero-order chi connectivity index (χ0) is 29.5. The molecule has 1 rings (SSSR count). The highest BCUT2D eigenvalue weighted by atomic mass is 32.2. The van der Waals surface area contributed by atoms with Crippen LogP contribution in [0, 0.1) is 5.92 Å². The molecule has 0 bridgehead atoms. The Morgan fingerprint density at radius 2 is 1.54 bits per heavy atom. The summed E-state index contributed by atoms with van der Waals surface area (Å²) in [5, 5.41) is 26.9. The first-order valence-corrected chi connectivity index (χ1v) is 14.0. The molecule has 0 fully saturated rings. The monoisotopic (exact) mass is 567 g/mol. The molecule has 0 radical (unpaired) electrons. The number of hydrogen-bond acceptors (Lipinski definition) is 8. The summed E-state index contributed by atoms with van der Waals surface area (Å²) in [7, 11) is 0. The Balaban J connectivity index is 3.16. The van der Waals surface area contributed by atoms with Gasteiger partial charge in [-0.1, -0.05) is 26.0 Å². The number of amides is 3. The second kappa shape index (κ2) is 17.1. The van der Waals surface area contributed by atoms with Gasteiger partial charge in [-0.05, 0) is 54.9 Å². The zero-order valence-corrected chi connectivity index (χ0v) is 23.4. The number of rotatable bonds is 17. The van der Waals surface area contributed by atoms with Crippen molar-refractivity contribution in [1.82, 2.24) is 16.0 Å². The normalized spacial score (nSPS) is 14.0. The van der Waals surface area contributed by atoms with Crippen LogP contribution in [0.5, 0.6) is 5.75 Å². The fraction of sp³-hybridized carbons (Fsp3) is 0.560. The second-order valence-corrected chi connectivity index (χ2v) is 10.4. The minimum absolute atomic E-state index is 0.0403. The molecule has 1 aromatic rings. The summed E-state index contributed by atoms with van der Waals surface area (Å²) in [4.78, 5) is 54.7. The van der Waals surface area contributed by atoms with E-state index in [1.807, 2.05) is 6.26 Å². The summed E-state index contributed by atoms with van der Waals surface area (Å²) in [6.45, 7) is 3.48. The molecular weight excluding hydrogens is 526 g/mol. The number of aromatic hydroxyl groups is 1. The van der Waals surface area contributed by atoms with Gasteiger partial charge in [0.1, 0.15) is 23.9 Å². The molecule has 11 N–H and O–H groups in total. The van der Waals surface area contributed by atoms with E-state index >= 15 is 0 Å². The van der Waals surface area contributed by atoms with Crippen LogP contribution < -0.4 is 33.2 Å². The number of carboxylic acid groups (broad SMARTS) is 1. The van der Waals surface area contributed by atoms with E-state index in [4.69, 9.17) is 17.2 Å². The van der Waals surface area contributed by atoms with E-state index in [1.165, 1.54) is 23.9 Å². The quantitative estimate of drug-likeness (QED) is 0.0667. The van der Waals surface area contributed by atoms with Crippen LogP contribution in [0.1, 0.15) is 38.7 Å². The summed E-state index contributed by atoms with van der Waals surface area (Å²) in [6, 6.07) is 1.88. The third-order valence-electron chi connectivity index (χ3n) is 5.79. The lowest BCUT2D eigenvalue weighted by Crippen LogP contribution is -2.58. The van der Waals surface area contributed by atoms with E-state index in [9.17, 15) is 29.4 Å². The van der Waals surface area contributed by atoms with Gasteiger partial charge in [0, 0.05) is 13.0 Å². The molecule has 0 saturated carbocycles. The van der Waals surface area contributed by atoms with Crippen LogP contribution in [0.4, 0.5) is 0 Å². The van der Waals surface area contributed by atoms with Gasteiger partial charge in [0.05, 0.1) is 6.04 Å². The van der Waals surface area contributed by atoms with Crippen molar-refractivity contribution in [3.63, 3.8) is 0 Å². The maximum absolute atomic E-state index is 13.4. The number of phenolic OH excluding ortho intramolecular Hbond substituents is 1. The Morgan fingerprint density at radius 1 is 0.949 bits per heavy atom. The highest BCUT2D eigenvalue weighted by Crippen LogP contribution is 2.13. The van der Waals surface area contributed by atoms with Crippen LogP contribution in [0.25, 0.3) is 0 Å². The Morgan fingerprint density at radius 3 is 2.08 bits per heavy atom. The van der Waals surface area contributed by atoms with Crippen LogP contribution in [0.15, 0.2) is 29.3 Å². The lowest BCUT2D eigenvalue weighted by atomic mass is 10.0. The summed E-state index contributed by atoms with van der Waals surface area (Å²) in [5.41, 5.74) is 17.3. The topological polar surface area (TPSA) is 235 Å². The molecule has 3 amide bonds. The summed E-state index contributed by atoms with van der Waals surface area (Å²) < 4.78 is 0. The number of nitrogens with one attached hydrogen (secondary N) is 3. The molecule has 13 nitrogen and oxygen atoms in total. The Kier molecular flexibility index (Phi) is 14.7. The summed E-state index contributed by atoms with van der Waals surface area (Å²) in [6.07, 6.45) is 2.76. The SMILES string of the molecule is CSCCC(N)C(=O)NC(Cc1ccc(O)cc1)C(=O)NC(CCCN=C(N)N)C(=O)NC(C(=O)O)C(C)C. The van der Waals surface area contributed by atoms with Gasteiger partial charge in [0.15, 0.2) is 5.96 Å². The number of carbonyl (C=O) groups excluding carboxylic acids is 3. The van der Waals surface area contributed by atoms with Gasteiger partial charge >= 0.3 is 5.97 Å². The van der Waals surface area contributed by atoms with Crippen molar-refractivity contribution < 1.29 is 29.4 Å². The highest BCUT2D eigenvalue weighted by molar-refractivity contribution is 7.98. The molecule has 218 valence electrons. The molecule has 0 aromatic heterocycles. The smallest absolute Gasteiger partial charge is 0.326 e. The van der Waals surface area contributed by atoms with E-state index in [-0.39, 0.29) is 31.1 Å². The van der Waals surface area contributed by atoms with Crippen molar-refractivity contribution in [1.29, 1.82) is 0 Å². The molecule has 14 heteroatoms. The van der Waals surface area contributed by atoms with Crippen molar-refractivity contribution in [3.8, 4) is 5.75 Å². The van der Waals surface area contributed by atoms with E-state index in [0.717, 1.165) is 0 Å². The number of hydrogen-bond donors (Lipinski definition) is 8. The van der Waals surface area contributed by atoms with Crippen molar-refractivity contribution in [2.75, 3.05) is 18.6 Å². The van der Waals surface area contributed by atoms with E-state index < -0.39 is 53.8 Å². The second-order valence-electron chi connectivity index (χ2n) is 9.40. The van der Waals surface area contributed by atoms with Crippen LogP contribution in [-0.2, 0) is 25.6 Å². The van der Waals surface area contributed by atoms with Crippen LogP contribution >= 0.6 is 11.8 Å². The Hall–Kier alpha value is -3.52. The molecule has 0 spiro atoms. The maximum Gasteiger partial charge on any atom is 0.326 e. The summed E-state index contributed by atoms with van der Waals surface area (Å²) >= 11 is 1.53. The molecule has 0 saturated heterocycles. The number of benzene rings is 1. The summed E-state index contributed by atoms with van der Waals surface area (Å²) in [5.74, 6) is -2.93. The van der Waals surface area contributed by atoms with Gasteiger partial charge < -0.3 is 43.4 Å². The molecule has 0 aliphatic rings. The molecule has 1 aromatic carbocycles. The first kappa shape index (κ1) is 33.5. The standard InChI is InChI=1S/C25H41N7O6S/c1-14(2)20(24(37)38)32-22(35)18(5-4-11-29-25(27)28)30-23(36)19(13-15-6-8-16(33)9-7-15)31-21(34)17(26)10-12-39-3/h6-9,14,17-20,33H,4-5,10-13,26H2,1-3H3,(H,30,36)(H,31,34)(H,32,35)(H,37,38)(H4,27,28,29). The van der Waals surface area contributed by atoms with Crippen molar-refractivity contribution in [3.05, 3.63) is 29.8 Å². The van der Waals surface area contributed by atoms with Crippen LogP contribution in [-0.4, -0.2) is 82.6 Å². The van der Waals surface area contributed by atoms with Gasteiger partial charge in [-0.2, -0.15) is 11.8 Å². The number of aliphatic imine (C=N–C) groups is 1. The van der Waals surface area contributed by atoms with Crippen LogP contribution in [0.3, 0.4) is 0 Å². The van der Waals surface area contributed by atoms with Gasteiger partial charge in [0.2, 0.25) is 17.7 Å². The van der Waals surface area contributed by atoms with Gasteiger partial charge in [-0.25, -0.2) is 4.79 Å². The first-order chi connectivity index (χ1) is 18.3. The van der Waals surface area contributed by atoms with E-state index in [1.54, 1.807) is 26.0 Å². The van der Waals surface area contributed by atoms with Crippen molar-refractivity contribution in [2.45, 2.75) is 63.7 Å². The van der Waals surface area contributed by atoms with Crippen LogP contribution in [0.2, 0.25) is 0 Å². The molecule has 39 heavy (non-hydrogen) atoms. The molecule has 0 aliphatic heterocycles. The molecule has 0 heterocycles. The minimum Gasteiger partial charge on any atom is -0.508 e. The number of nitrogens with two attached hydrogens (primary N) is 3. The van der Waals surface area contributed by atoms with E-state index in [0.29, 0.717) is 24.2 Å². The van der Waals surface area contributed by atoms with Crippen molar-refractivity contribution >= 4 is 41.4 Å². The van der Waals surface area contributed by atoms with Gasteiger partial charge in [0.25, 0.3) is 0 Å². The average molecular weight is 568 g/mol. The number of phenols is 1. The maximum atomic E-state index is 13.4. The number of carbonyl (C=O) groups is 4. The number of carboxylic acids is 1. The third-order valence-corrected chi connectivity index (χ3v) is 6.43. The van der Waals surface area contributed by atoms with Gasteiger partial charge in [-0.3, -0.25) is 19.4 Å². The number of aliphatic carboxylic acids is 1. The Bertz CT molecular complexity index is 986. The molecule has 0 aliphatic carbocycles. The Labute approximate surface area is 232 Å².